The molecule has 1 aliphatic carbocycles. The Hall–Kier alpha value is -2.43. The maximum atomic E-state index is 12.4. The molecule has 2 aromatic heterocycles. The van der Waals surface area contributed by atoms with Crippen LogP contribution >= 0.6 is 23.1 Å². The smallest absolute Gasteiger partial charge is 0.235 e. The average Bonchev–Trinajstić information content (AvgIpc) is 3.03. The summed E-state index contributed by atoms with van der Waals surface area (Å²) in [6.07, 6.45) is 5.73. The minimum absolute atomic E-state index is 0.118. The van der Waals surface area contributed by atoms with Gasteiger partial charge in [-0.2, -0.15) is 5.26 Å². The number of aryl methyl sites for hydroxylation is 1. The van der Waals surface area contributed by atoms with E-state index in [1.165, 1.54) is 23.0 Å². The van der Waals surface area contributed by atoms with Crippen molar-refractivity contribution in [2.24, 2.45) is 0 Å². The van der Waals surface area contributed by atoms with Gasteiger partial charge in [0.05, 0.1) is 16.8 Å². The van der Waals surface area contributed by atoms with Gasteiger partial charge in [0.1, 0.15) is 22.4 Å². The molecule has 1 amide bonds. The van der Waals surface area contributed by atoms with Gasteiger partial charge < -0.3 is 5.32 Å². The third kappa shape index (κ3) is 3.30. The van der Waals surface area contributed by atoms with E-state index in [9.17, 15) is 10.1 Å². The number of amides is 1. The van der Waals surface area contributed by atoms with Gasteiger partial charge in [-0.1, -0.05) is 30.0 Å². The number of nitrogens with one attached hydrogen (secondary N) is 1. The van der Waals surface area contributed by atoms with Gasteiger partial charge in [0.15, 0.2) is 0 Å². The lowest BCUT2D eigenvalue weighted by Crippen LogP contribution is -2.14. The zero-order valence-corrected chi connectivity index (χ0v) is 15.6. The third-order valence-corrected chi connectivity index (χ3v) is 6.59. The molecule has 0 saturated carbocycles. The predicted molar refractivity (Wildman–Crippen MR) is 105 cm³/mol. The Labute approximate surface area is 159 Å². The van der Waals surface area contributed by atoms with E-state index in [4.69, 9.17) is 0 Å². The van der Waals surface area contributed by atoms with Gasteiger partial charge in [-0.15, -0.1) is 11.3 Å². The third-order valence-electron chi connectivity index (χ3n) is 4.38. The number of hydrogen-bond acceptors (Lipinski definition) is 6. The Balaban J connectivity index is 1.48. The van der Waals surface area contributed by atoms with Gasteiger partial charge in [-0.05, 0) is 37.3 Å². The van der Waals surface area contributed by atoms with Crippen molar-refractivity contribution < 1.29 is 4.79 Å². The number of fused-ring (bicyclic) bond motifs is 2. The molecule has 1 aromatic carbocycles. The fourth-order valence-corrected chi connectivity index (χ4v) is 5.21. The zero-order valence-electron chi connectivity index (χ0n) is 14.0. The van der Waals surface area contributed by atoms with Crippen LogP contribution in [0.3, 0.4) is 0 Å². The standard InChI is InChI=1S/C19H16N4OS2/c20-9-14-12-5-2-4-8-16(12)26-19(14)23-17(24)10-25-18-13-6-1-3-7-15(13)21-11-22-18/h1,3,6-7,11H,2,4-5,8,10H2,(H,23,24). The van der Waals surface area contributed by atoms with Gasteiger partial charge >= 0.3 is 0 Å². The number of hydrogen-bond donors (Lipinski definition) is 1. The van der Waals surface area contributed by atoms with Crippen molar-refractivity contribution >= 4 is 44.9 Å². The molecular formula is C19H16N4OS2. The lowest BCUT2D eigenvalue weighted by atomic mass is 9.96. The molecule has 0 unspecified atom stereocenters. The number of thiophene rings is 1. The van der Waals surface area contributed by atoms with E-state index in [0.29, 0.717) is 10.6 Å². The zero-order chi connectivity index (χ0) is 17.9. The predicted octanol–water partition coefficient (Wildman–Crippen LogP) is 4.17. The average molecular weight is 380 g/mol. The number of rotatable bonds is 4. The largest absolute Gasteiger partial charge is 0.316 e. The summed E-state index contributed by atoms with van der Waals surface area (Å²) in [7, 11) is 0. The van der Waals surface area contributed by atoms with Crippen molar-refractivity contribution in [3.05, 3.63) is 46.6 Å². The first kappa shape index (κ1) is 17.0. The highest BCUT2D eigenvalue weighted by atomic mass is 32.2. The molecule has 7 heteroatoms. The summed E-state index contributed by atoms with van der Waals surface area (Å²) in [5.74, 6) is 0.127. The Morgan fingerprint density at radius 3 is 3.00 bits per heavy atom. The van der Waals surface area contributed by atoms with Crippen LogP contribution in [0.4, 0.5) is 5.00 Å². The number of nitrogens with zero attached hydrogens (tertiary/aromatic N) is 3. The van der Waals surface area contributed by atoms with E-state index in [-0.39, 0.29) is 11.7 Å². The first-order valence-corrected chi connectivity index (χ1v) is 10.2. The summed E-state index contributed by atoms with van der Waals surface area (Å²) in [6, 6.07) is 10.0. The van der Waals surface area contributed by atoms with E-state index in [1.807, 2.05) is 24.3 Å². The summed E-state index contributed by atoms with van der Waals surface area (Å²) in [5, 5.41) is 14.8. The summed E-state index contributed by atoms with van der Waals surface area (Å²) < 4.78 is 0. The minimum Gasteiger partial charge on any atom is -0.316 e. The van der Waals surface area contributed by atoms with Gasteiger partial charge in [-0.25, -0.2) is 9.97 Å². The second-order valence-corrected chi connectivity index (χ2v) is 8.13. The minimum atomic E-state index is -0.118. The molecule has 4 rings (SSSR count). The van der Waals surface area contributed by atoms with E-state index in [2.05, 4.69) is 21.4 Å². The van der Waals surface area contributed by atoms with Crippen LogP contribution in [0, 0.1) is 11.3 Å². The highest BCUT2D eigenvalue weighted by Crippen LogP contribution is 2.37. The first-order valence-electron chi connectivity index (χ1n) is 8.43. The number of nitriles is 1. The summed E-state index contributed by atoms with van der Waals surface area (Å²) in [6.45, 7) is 0. The van der Waals surface area contributed by atoms with Crippen LogP contribution < -0.4 is 5.32 Å². The van der Waals surface area contributed by atoms with E-state index in [1.54, 1.807) is 11.3 Å². The topological polar surface area (TPSA) is 78.7 Å². The van der Waals surface area contributed by atoms with Crippen molar-refractivity contribution in [3.8, 4) is 6.07 Å². The monoisotopic (exact) mass is 380 g/mol. The quantitative estimate of drug-likeness (QED) is 0.543. The second-order valence-electron chi connectivity index (χ2n) is 6.06. The van der Waals surface area contributed by atoms with Crippen LogP contribution in [0.2, 0.25) is 0 Å². The molecule has 1 aliphatic rings. The molecule has 0 radical (unpaired) electrons. The number of anilines is 1. The number of carbonyl (C=O) groups is 1. The lowest BCUT2D eigenvalue weighted by molar-refractivity contribution is -0.113. The van der Waals surface area contributed by atoms with Crippen LogP contribution in [0.5, 0.6) is 0 Å². The normalized spacial score (nSPS) is 13.2. The van der Waals surface area contributed by atoms with Gasteiger partial charge in [0, 0.05) is 10.3 Å². The van der Waals surface area contributed by atoms with E-state index < -0.39 is 0 Å². The molecular weight excluding hydrogens is 364 g/mol. The number of thioether (sulfide) groups is 1. The molecule has 0 fully saturated rings. The highest BCUT2D eigenvalue weighted by Gasteiger charge is 2.21. The molecule has 5 nitrogen and oxygen atoms in total. The molecule has 0 bridgehead atoms. The van der Waals surface area contributed by atoms with Crippen LogP contribution in [-0.4, -0.2) is 21.6 Å². The van der Waals surface area contributed by atoms with Crippen LogP contribution in [0.15, 0.2) is 35.6 Å². The van der Waals surface area contributed by atoms with Crippen LogP contribution in [0.1, 0.15) is 28.8 Å². The first-order chi connectivity index (χ1) is 12.8. The summed E-state index contributed by atoms with van der Waals surface area (Å²) in [5.41, 5.74) is 2.65. The van der Waals surface area contributed by atoms with E-state index >= 15 is 0 Å². The molecule has 3 aromatic rings. The Kier molecular flexibility index (Phi) is 4.87. The van der Waals surface area contributed by atoms with Crippen molar-refractivity contribution in [2.75, 3.05) is 11.1 Å². The molecule has 0 spiro atoms. The highest BCUT2D eigenvalue weighted by molar-refractivity contribution is 8.00. The fraction of sp³-hybridized carbons (Fsp3) is 0.263. The molecule has 0 saturated heterocycles. The fourth-order valence-electron chi connectivity index (χ4n) is 3.16. The number of carbonyl (C=O) groups excluding carboxylic acids is 1. The second kappa shape index (κ2) is 7.44. The van der Waals surface area contributed by atoms with Crippen molar-refractivity contribution in [1.82, 2.24) is 9.97 Å². The number of benzene rings is 1. The van der Waals surface area contributed by atoms with E-state index in [0.717, 1.165) is 47.2 Å². The van der Waals surface area contributed by atoms with Crippen molar-refractivity contribution in [2.45, 2.75) is 30.7 Å². The maximum absolute atomic E-state index is 12.4. The van der Waals surface area contributed by atoms with Gasteiger partial charge in [0.2, 0.25) is 5.91 Å². The van der Waals surface area contributed by atoms with Gasteiger partial charge in [0.25, 0.3) is 0 Å². The molecule has 2 heterocycles. The number of aromatic nitrogens is 2. The van der Waals surface area contributed by atoms with Crippen molar-refractivity contribution in [1.29, 1.82) is 5.26 Å². The summed E-state index contributed by atoms with van der Waals surface area (Å²) >= 11 is 2.93. The Morgan fingerprint density at radius 1 is 1.27 bits per heavy atom. The lowest BCUT2D eigenvalue weighted by Gasteiger charge is -2.09. The molecule has 0 aliphatic heterocycles. The van der Waals surface area contributed by atoms with Gasteiger partial charge in [-0.3, -0.25) is 4.79 Å². The SMILES string of the molecule is N#Cc1c(NC(=O)CSc2ncnc3ccccc23)sc2c1CCCC2. The Morgan fingerprint density at radius 2 is 2.12 bits per heavy atom. The molecule has 1 N–H and O–H groups in total. The van der Waals surface area contributed by atoms with Crippen LogP contribution in [0.25, 0.3) is 10.9 Å². The van der Waals surface area contributed by atoms with Crippen molar-refractivity contribution in [3.63, 3.8) is 0 Å². The van der Waals surface area contributed by atoms with Crippen LogP contribution in [-0.2, 0) is 17.6 Å². The summed E-state index contributed by atoms with van der Waals surface area (Å²) in [4.78, 5) is 22.2. The number of para-hydroxylation sites is 1. The molecule has 0 atom stereocenters. The Bertz CT molecular complexity index is 1020. The molecule has 130 valence electrons. The molecule has 26 heavy (non-hydrogen) atoms. The maximum Gasteiger partial charge on any atom is 0.235 e.